The van der Waals surface area contributed by atoms with Crippen molar-refractivity contribution in [3.8, 4) is 56.4 Å². The van der Waals surface area contributed by atoms with E-state index in [2.05, 4.69) is 15.0 Å². The summed E-state index contributed by atoms with van der Waals surface area (Å²) in [5, 5.41) is 2.94. The van der Waals surface area contributed by atoms with Crippen LogP contribution in [0.15, 0.2) is 180 Å². The number of hydrogen-bond donors (Lipinski definition) is 0. The molecule has 0 fully saturated rings. The van der Waals surface area contributed by atoms with Gasteiger partial charge in [-0.25, -0.2) is 15.0 Å². The van der Waals surface area contributed by atoms with E-state index >= 15 is 0 Å². The predicted molar refractivity (Wildman–Crippen MR) is 209 cm³/mol. The van der Waals surface area contributed by atoms with E-state index in [1.54, 1.807) is 12.1 Å². The van der Waals surface area contributed by atoms with Crippen LogP contribution in [-0.2, 0) is 0 Å². The molecule has 0 saturated heterocycles. The van der Waals surface area contributed by atoms with E-state index in [4.69, 9.17) is 20.9 Å². The molecular weight excluding hydrogens is 623 g/mol. The number of nitrogens with zero attached hydrogens (tertiary/aromatic N) is 3. The highest BCUT2D eigenvalue weighted by Gasteiger charge is 2.18. The second-order valence-corrected chi connectivity index (χ2v) is 11.4. The molecule has 0 atom stereocenters. The summed E-state index contributed by atoms with van der Waals surface area (Å²) >= 11 is 0. The van der Waals surface area contributed by atoms with Gasteiger partial charge in [0.2, 0.25) is 0 Å². The Morgan fingerprint density at radius 3 is 1.80 bits per heavy atom. The van der Waals surface area contributed by atoms with Crippen molar-refractivity contribution < 1.29 is 29.1 Å². The molecular formula is C47H29N3O. The van der Waals surface area contributed by atoms with E-state index in [0.717, 1.165) is 28.3 Å². The molecule has 0 unspecified atom stereocenters. The monoisotopic (exact) mass is 669 g/mol. The molecule has 0 amide bonds. The van der Waals surface area contributed by atoms with E-state index in [1.807, 2.05) is 42.5 Å². The van der Waals surface area contributed by atoms with Gasteiger partial charge in [0.1, 0.15) is 11.2 Å². The first-order valence-electron chi connectivity index (χ1n) is 24.6. The second kappa shape index (κ2) is 11.9. The second-order valence-electron chi connectivity index (χ2n) is 11.4. The van der Waals surface area contributed by atoms with Gasteiger partial charge in [-0.3, -0.25) is 0 Å². The van der Waals surface area contributed by atoms with Gasteiger partial charge in [-0.15, -0.1) is 0 Å². The van der Waals surface area contributed by atoms with Gasteiger partial charge in [-0.2, -0.15) is 0 Å². The number of aromatic nitrogens is 3. The normalized spacial score (nSPS) is 16.5. The van der Waals surface area contributed by atoms with Gasteiger partial charge >= 0.3 is 0 Å². The van der Waals surface area contributed by atoms with E-state index < -0.39 is 137 Å². The lowest BCUT2D eigenvalue weighted by Crippen LogP contribution is -2.00. The number of rotatable bonds is 5. The van der Waals surface area contributed by atoms with E-state index in [-0.39, 0.29) is 44.7 Å². The summed E-state index contributed by atoms with van der Waals surface area (Å²) in [5.41, 5.74) is -2.33. The van der Waals surface area contributed by atoms with Gasteiger partial charge in [-0.05, 0) is 68.0 Å². The Labute approximate surface area is 319 Å². The Hall–Kier alpha value is -6.91. The van der Waals surface area contributed by atoms with Crippen molar-refractivity contribution in [3.05, 3.63) is 175 Å². The van der Waals surface area contributed by atoms with Crippen LogP contribution >= 0.6 is 0 Å². The Kier molecular flexibility index (Phi) is 3.78. The highest BCUT2D eigenvalue weighted by Crippen LogP contribution is 2.39. The van der Waals surface area contributed by atoms with Crippen LogP contribution < -0.4 is 0 Å². The van der Waals surface area contributed by atoms with E-state index in [0.29, 0.717) is 10.9 Å². The summed E-state index contributed by atoms with van der Waals surface area (Å²) in [4.78, 5) is 13.6. The number of furan rings is 1. The first-order chi connectivity index (χ1) is 32.7. The standard InChI is InChI=1S/C47H29N3O/c1-3-12-30(13-4-1)34-26-27-39-43(29-34)51-42-21-11-20-40(44(39)42)47-49-45(32-14-5-2-6-15-32)48-46(50-47)33-24-22-31(23-25-33)41-28-35-16-7-8-17-36(35)37-18-9-10-19-38(37)41/h1-29H/i1D,2D,3D,4D,5D,6D,12D,13D,14D,15D,20D,21D,22D,23D,24D,25D,26D,29D. The van der Waals surface area contributed by atoms with Crippen molar-refractivity contribution in [2.75, 3.05) is 0 Å². The fourth-order valence-corrected chi connectivity index (χ4v) is 6.14. The molecule has 10 rings (SSSR count). The third-order valence-corrected chi connectivity index (χ3v) is 8.43. The first-order valence-corrected chi connectivity index (χ1v) is 15.6. The molecule has 8 aromatic carbocycles. The van der Waals surface area contributed by atoms with Crippen molar-refractivity contribution in [3.63, 3.8) is 0 Å². The van der Waals surface area contributed by atoms with Crippen molar-refractivity contribution in [2.24, 2.45) is 0 Å². The van der Waals surface area contributed by atoms with Crippen LogP contribution in [0.1, 0.15) is 24.7 Å². The van der Waals surface area contributed by atoms with Crippen LogP contribution in [0.3, 0.4) is 0 Å². The Balaban J connectivity index is 1.29. The van der Waals surface area contributed by atoms with E-state index in [9.17, 15) is 8.22 Å². The van der Waals surface area contributed by atoms with Crippen LogP contribution in [0.2, 0.25) is 0 Å². The molecule has 0 aliphatic rings. The summed E-state index contributed by atoms with van der Waals surface area (Å²) in [7, 11) is 0. The number of hydrogen-bond acceptors (Lipinski definition) is 4. The molecule has 0 radical (unpaired) electrons. The smallest absolute Gasteiger partial charge is 0.164 e. The fraction of sp³-hybridized carbons (Fsp3) is 0. The van der Waals surface area contributed by atoms with Crippen molar-refractivity contribution in [2.45, 2.75) is 0 Å². The van der Waals surface area contributed by atoms with Crippen LogP contribution in [0, 0.1) is 0 Å². The van der Waals surface area contributed by atoms with Crippen LogP contribution in [0.25, 0.3) is 99.9 Å². The maximum absolute atomic E-state index is 9.42. The third kappa shape index (κ3) is 5.04. The van der Waals surface area contributed by atoms with Crippen molar-refractivity contribution in [1.82, 2.24) is 15.0 Å². The highest BCUT2D eigenvalue weighted by atomic mass is 16.3. The molecule has 0 aliphatic carbocycles. The third-order valence-electron chi connectivity index (χ3n) is 8.43. The molecule has 51 heavy (non-hydrogen) atoms. The lowest BCUT2D eigenvalue weighted by molar-refractivity contribution is 0.669. The molecule has 0 N–H and O–H groups in total. The summed E-state index contributed by atoms with van der Waals surface area (Å²) in [6.07, 6.45) is 0. The molecule has 0 saturated carbocycles. The topological polar surface area (TPSA) is 51.8 Å². The summed E-state index contributed by atoms with van der Waals surface area (Å²) in [6.45, 7) is 0. The largest absolute Gasteiger partial charge is 0.456 e. The Morgan fingerprint density at radius 2 is 1.04 bits per heavy atom. The minimum absolute atomic E-state index is 0.0396. The maximum Gasteiger partial charge on any atom is 0.164 e. The molecule has 2 aromatic heterocycles. The van der Waals surface area contributed by atoms with Gasteiger partial charge in [0.25, 0.3) is 0 Å². The minimum atomic E-state index is -0.755. The molecule has 4 heteroatoms. The zero-order valence-electron chi connectivity index (χ0n) is 44.1. The van der Waals surface area contributed by atoms with Gasteiger partial charge in [0.05, 0.1) is 24.7 Å². The van der Waals surface area contributed by atoms with Crippen LogP contribution in [0.5, 0.6) is 0 Å². The Bertz CT molecular complexity index is 3880. The quantitative estimate of drug-likeness (QED) is 0.171. The molecule has 4 nitrogen and oxygen atoms in total. The fourth-order valence-electron chi connectivity index (χ4n) is 6.14. The molecule has 0 spiro atoms. The zero-order chi connectivity index (χ0) is 49.4. The van der Waals surface area contributed by atoms with Gasteiger partial charge in [0.15, 0.2) is 17.5 Å². The van der Waals surface area contributed by atoms with Gasteiger partial charge in [-0.1, -0.05) is 151 Å². The Morgan fingerprint density at radius 1 is 0.412 bits per heavy atom. The van der Waals surface area contributed by atoms with Crippen LogP contribution in [-0.4, -0.2) is 15.0 Å². The minimum Gasteiger partial charge on any atom is -0.456 e. The van der Waals surface area contributed by atoms with Gasteiger partial charge < -0.3 is 4.42 Å². The average Bonchev–Trinajstić information content (AvgIpc) is 3.71. The highest BCUT2D eigenvalue weighted by molar-refractivity contribution is 6.14. The lowest BCUT2D eigenvalue weighted by atomic mass is 9.93. The molecule has 0 aliphatic heterocycles. The molecule has 2 heterocycles. The molecule has 238 valence electrons. The van der Waals surface area contributed by atoms with Crippen molar-refractivity contribution >= 4 is 43.5 Å². The maximum atomic E-state index is 9.42. The summed E-state index contributed by atoms with van der Waals surface area (Å²) < 4.78 is 164. The summed E-state index contributed by atoms with van der Waals surface area (Å²) in [6, 6.07) is 7.54. The number of benzene rings is 8. The SMILES string of the molecule is [2H]c1cc2c(oc3c([2H])cc([2H])c(-c4nc(-c5c([2H])c([2H])c([2H])c([2H])c5[2H])nc(-c5c([2H])c([2H])c(-c6cc7ccccc7c7ccccc67)c([2H])c5[2H])n4)c32)c([2H])c1-c1c([2H])c([2H])c([2H])c([2H])c1[2H]. The van der Waals surface area contributed by atoms with E-state index in [1.165, 1.54) is 0 Å². The average molecular weight is 670 g/mol. The molecule has 0 bridgehead atoms. The lowest BCUT2D eigenvalue weighted by Gasteiger charge is -2.12. The van der Waals surface area contributed by atoms with Crippen LogP contribution in [0.4, 0.5) is 0 Å². The van der Waals surface area contributed by atoms with Crippen molar-refractivity contribution in [1.29, 1.82) is 0 Å². The zero-order valence-corrected chi connectivity index (χ0v) is 26.1. The van der Waals surface area contributed by atoms with Gasteiger partial charge in [0, 0.05) is 27.5 Å². The molecule has 10 aromatic rings. The summed E-state index contributed by atoms with van der Waals surface area (Å²) in [5.74, 6) is -1.64. The number of fused-ring (bicyclic) bond motifs is 6. The predicted octanol–water partition coefficient (Wildman–Crippen LogP) is 12.4. The first kappa shape index (κ1) is 16.2.